The molecule has 0 aliphatic carbocycles. The quantitative estimate of drug-likeness (QED) is 0.437. The summed E-state index contributed by atoms with van der Waals surface area (Å²) in [5.74, 6) is 2.75. The minimum absolute atomic E-state index is 0.139. The monoisotopic (exact) mass is 442 g/mol. The van der Waals surface area contributed by atoms with E-state index >= 15 is 0 Å². The smallest absolute Gasteiger partial charge is 0.169 e. The largest absolute Gasteiger partial charge is 0.487 e. The highest BCUT2D eigenvalue weighted by molar-refractivity contribution is 5.75. The average Bonchev–Trinajstić information content (AvgIpc) is 3.65. The first-order valence-corrected chi connectivity index (χ1v) is 11.1. The van der Waals surface area contributed by atoms with Crippen molar-refractivity contribution in [2.24, 2.45) is 0 Å². The normalized spacial score (nSPS) is 26.9. The van der Waals surface area contributed by atoms with Crippen molar-refractivity contribution < 1.29 is 37.9 Å². The third kappa shape index (κ3) is 5.27. The van der Waals surface area contributed by atoms with Gasteiger partial charge in [0.15, 0.2) is 23.0 Å². The maximum Gasteiger partial charge on any atom is 0.169 e. The number of benzene rings is 2. The van der Waals surface area contributed by atoms with Gasteiger partial charge in [0.05, 0.1) is 26.4 Å². The van der Waals surface area contributed by atoms with Crippen LogP contribution in [0.25, 0.3) is 11.1 Å². The van der Waals surface area contributed by atoms with E-state index in [1.165, 1.54) is 0 Å². The Labute approximate surface area is 186 Å². The summed E-state index contributed by atoms with van der Waals surface area (Å²) in [7, 11) is 0. The van der Waals surface area contributed by atoms with Gasteiger partial charge in [-0.1, -0.05) is 18.2 Å². The van der Waals surface area contributed by atoms with E-state index in [2.05, 4.69) is 0 Å². The highest BCUT2D eigenvalue weighted by Gasteiger charge is 2.28. The molecule has 4 unspecified atom stereocenters. The van der Waals surface area contributed by atoms with Crippen LogP contribution in [0.15, 0.2) is 36.4 Å². The van der Waals surface area contributed by atoms with Crippen LogP contribution in [0.1, 0.15) is 0 Å². The molecule has 6 rings (SSSR count). The zero-order valence-corrected chi connectivity index (χ0v) is 17.7. The summed E-state index contributed by atoms with van der Waals surface area (Å²) in [6.07, 6.45) is 0.621. The summed E-state index contributed by atoms with van der Waals surface area (Å²) in [6.45, 7) is 4.94. The molecule has 0 aromatic heterocycles. The van der Waals surface area contributed by atoms with E-state index in [0.29, 0.717) is 49.4 Å². The van der Waals surface area contributed by atoms with Gasteiger partial charge in [0.25, 0.3) is 0 Å². The van der Waals surface area contributed by atoms with Crippen LogP contribution in [-0.4, -0.2) is 77.3 Å². The Hall–Kier alpha value is -2.52. The first-order valence-electron chi connectivity index (χ1n) is 11.1. The fourth-order valence-electron chi connectivity index (χ4n) is 3.29. The molecule has 2 aromatic rings. The number of epoxide rings is 4. The van der Waals surface area contributed by atoms with Crippen molar-refractivity contribution in [1.29, 1.82) is 0 Å². The maximum atomic E-state index is 6.17. The molecule has 0 bridgehead atoms. The lowest BCUT2D eigenvalue weighted by molar-refractivity contribution is 0.227. The Bertz CT molecular complexity index is 947. The molecule has 4 atom stereocenters. The Kier molecular flexibility index (Phi) is 5.52. The molecule has 0 saturated carbocycles. The Morgan fingerprint density at radius 1 is 0.594 bits per heavy atom. The molecular weight excluding hydrogens is 416 g/mol. The SMILES string of the molecule is c1cc(OCC2CO2)c(OCC2CO2)c(-c2ccc(OCC3CO3)c(OCC3CO3)c2)c1. The van der Waals surface area contributed by atoms with Crippen molar-refractivity contribution in [2.45, 2.75) is 24.4 Å². The second-order valence-corrected chi connectivity index (χ2v) is 8.36. The van der Waals surface area contributed by atoms with E-state index in [4.69, 9.17) is 37.9 Å². The second kappa shape index (κ2) is 8.78. The van der Waals surface area contributed by atoms with Gasteiger partial charge >= 0.3 is 0 Å². The van der Waals surface area contributed by atoms with Gasteiger partial charge in [-0.25, -0.2) is 0 Å². The molecular formula is C24H26O8. The first-order chi connectivity index (χ1) is 15.8. The molecule has 4 aliphatic rings. The van der Waals surface area contributed by atoms with Crippen LogP contribution in [0.4, 0.5) is 0 Å². The van der Waals surface area contributed by atoms with Crippen LogP contribution in [-0.2, 0) is 18.9 Å². The standard InChI is InChI=1S/C24H26O8/c1-2-20(24(32-14-19-10-28-19)22(3-1)30-12-17-8-26-17)15-4-5-21(29-11-16-7-25-16)23(6-15)31-13-18-9-27-18/h1-6,16-19H,7-14H2. The summed E-state index contributed by atoms with van der Waals surface area (Å²) >= 11 is 0. The Balaban J connectivity index is 1.28. The Morgan fingerprint density at radius 2 is 1.12 bits per heavy atom. The van der Waals surface area contributed by atoms with Crippen LogP contribution in [0.5, 0.6) is 23.0 Å². The van der Waals surface area contributed by atoms with Crippen molar-refractivity contribution in [3.05, 3.63) is 36.4 Å². The van der Waals surface area contributed by atoms with E-state index in [-0.39, 0.29) is 24.4 Å². The van der Waals surface area contributed by atoms with E-state index in [0.717, 1.165) is 37.6 Å². The maximum absolute atomic E-state index is 6.17. The third-order valence-corrected chi connectivity index (χ3v) is 5.53. The van der Waals surface area contributed by atoms with Crippen molar-refractivity contribution in [3.63, 3.8) is 0 Å². The van der Waals surface area contributed by atoms with E-state index in [9.17, 15) is 0 Å². The molecule has 2 aromatic carbocycles. The van der Waals surface area contributed by atoms with Crippen LogP contribution >= 0.6 is 0 Å². The van der Waals surface area contributed by atoms with Gasteiger partial charge < -0.3 is 37.9 Å². The third-order valence-electron chi connectivity index (χ3n) is 5.53. The molecule has 4 saturated heterocycles. The van der Waals surface area contributed by atoms with Crippen molar-refractivity contribution in [2.75, 3.05) is 52.9 Å². The first kappa shape index (κ1) is 20.1. The van der Waals surface area contributed by atoms with E-state index in [1.54, 1.807) is 0 Å². The van der Waals surface area contributed by atoms with Gasteiger partial charge in [-0.2, -0.15) is 0 Å². The lowest BCUT2D eigenvalue weighted by atomic mass is 10.0. The van der Waals surface area contributed by atoms with Crippen molar-refractivity contribution in [3.8, 4) is 34.1 Å². The zero-order chi connectivity index (χ0) is 21.3. The second-order valence-electron chi connectivity index (χ2n) is 8.36. The molecule has 8 nitrogen and oxygen atoms in total. The molecule has 4 aliphatic heterocycles. The number of hydrogen-bond acceptors (Lipinski definition) is 8. The van der Waals surface area contributed by atoms with Crippen LogP contribution < -0.4 is 18.9 Å². The molecule has 0 radical (unpaired) electrons. The fraction of sp³-hybridized carbons (Fsp3) is 0.500. The molecule has 4 heterocycles. The summed E-state index contributed by atoms with van der Waals surface area (Å²) in [5.41, 5.74) is 1.87. The summed E-state index contributed by atoms with van der Waals surface area (Å²) in [4.78, 5) is 0. The minimum atomic E-state index is 0.139. The topological polar surface area (TPSA) is 87.0 Å². The van der Waals surface area contributed by atoms with Gasteiger partial charge in [0, 0.05) is 5.56 Å². The van der Waals surface area contributed by atoms with Gasteiger partial charge in [-0.05, 0) is 23.8 Å². The molecule has 170 valence electrons. The van der Waals surface area contributed by atoms with Gasteiger partial charge in [0.2, 0.25) is 0 Å². The van der Waals surface area contributed by atoms with E-state index in [1.807, 2.05) is 36.4 Å². The van der Waals surface area contributed by atoms with Gasteiger partial charge in [-0.3, -0.25) is 0 Å². The number of para-hydroxylation sites is 1. The van der Waals surface area contributed by atoms with Crippen LogP contribution in [0.2, 0.25) is 0 Å². The Morgan fingerprint density at radius 3 is 1.72 bits per heavy atom. The molecule has 0 N–H and O–H groups in total. The fourth-order valence-corrected chi connectivity index (χ4v) is 3.29. The predicted molar refractivity (Wildman–Crippen MR) is 113 cm³/mol. The van der Waals surface area contributed by atoms with Crippen LogP contribution in [0, 0.1) is 0 Å². The van der Waals surface area contributed by atoms with Crippen molar-refractivity contribution >= 4 is 0 Å². The van der Waals surface area contributed by atoms with Crippen molar-refractivity contribution in [1.82, 2.24) is 0 Å². The number of hydrogen-bond donors (Lipinski definition) is 0. The lowest BCUT2D eigenvalue weighted by Crippen LogP contribution is -2.10. The summed E-state index contributed by atoms with van der Waals surface area (Å²) in [5, 5.41) is 0. The highest BCUT2D eigenvalue weighted by atomic mass is 16.6. The molecule has 0 spiro atoms. The molecule has 0 amide bonds. The molecule has 4 fully saturated rings. The summed E-state index contributed by atoms with van der Waals surface area (Å²) in [6, 6.07) is 11.8. The van der Waals surface area contributed by atoms with E-state index < -0.39 is 0 Å². The zero-order valence-electron chi connectivity index (χ0n) is 17.7. The highest BCUT2D eigenvalue weighted by Crippen LogP contribution is 2.42. The van der Waals surface area contributed by atoms with Crippen LogP contribution in [0.3, 0.4) is 0 Å². The van der Waals surface area contributed by atoms with Gasteiger partial charge in [-0.15, -0.1) is 0 Å². The number of rotatable bonds is 13. The number of ether oxygens (including phenoxy) is 8. The predicted octanol–water partition coefficient (Wildman–Crippen LogP) is 2.46. The average molecular weight is 442 g/mol. The minimum Gasteiger partial charge on any atom is -0.487 e. The lowest BCUT2D eigenvalue weighted by Gasteiger charge is -2.18. The molecule has 32 heavy (non-hydrogen) atoms. The molecule has 8 heteroatoms. The summed E-state index contributed by atoms with van der Waals surface area (Å²) < 4.78 is 45.3. The van der Waals surface area contributed by atoms with Gasteiger partial charge in [0.1, 0.15) is 50.8 Å².